The molecule has 1 unspecified atom stereocenters. The number of hydrogen-bond acceptors (Lipinski definition) is 7. The van der Waals surface area contributed by atoms with Gasteiger partial charge in [-0.1, -0.05) is 35.6 Å². The van der Waals surface area contributed by atoms with E-state index in [-0.39, 0.29) is 5.69 Å². The van der Waals surface area contributed by atoms with Crippen molar-refractivity contribution in [3.8, 4) is 0 Å². The first-order valence-electron chi connectivity index (χ1n) is 9.43. The lowest BCUT2D eigenvalue weighted by atomic mass is 10.1. The van der Waals surface area contributed by atoms with Crippen LogP contribution >= 0.6 is 11.3 Å². The first-order valence-corrected chi connectivity index (χ1v) is 11.7. The second kappa shape index (κ2) is 9.08. The Hall–Kier alpha value is -2.89. The van der Waals surface area contributed by atoms with Crippen LogP contribution in [0.4, 0.5) is 15.6 Å². The minimum atomic E-state index is -4.34. The lowest BCUT2D eigenvalue weighted by Crippen LogP contribution is -2.44. The van der Waals surface area contributed by atoms with E-state index in [4.69, 9.17) is 9.29 Å². The molecule has 1 aromatic heterocycles. The molecular weight excluding hydrogens is 440 g/mol. The van der Waals surface area contributed by atoms with Crippen molar-refractivity contribution in [3.05, 3.63) is 54.1 Å². The zero-order chi connectivity index (χ0) is 22.6. The molecule has 31 heavy (non-hydrogen) atoms. The highest BCUT2D eigenvalue weighted by Gasteiger charge is 2.21. The summed E-state index contributed by atoms with van der Waals surface area (Å²) in [4.78, 5) is 16.9. The summed E-state index contributed by atoms with van der Waals surface area (Å²) in [5.41, 5.74) is 1.25. The van der Waals surface area contributed by atoms with E-state index in [9.17, 15) is 13.2 Å². The zero-order valence-corrected chi connectivity index (χ0v) is 18.9. The zero-order valence-electron chi connectivity index (χ0n) is 17.2. The molecule has 2 aromatic carbocycles. The van der Waals surface area contributed by atoms with Gasteiger partial charge in [0.15, 0.2) is 5.13 Å². The number of benzene rings is 2. The highest BCUT2D eigenvalue weighted by atomic mass is 32.2. The van der Waals surface area contributed by atoms with E-state index in [0.29, 0.717) is 11.6 Å². The van der Waals surface area contributed by atoms with Gasteiger partial charge in [0.05, 0.1) is 15.9 Å². The Balaban J connectivity index is 1.76. The van der Waals surface area contributed by atoms with Gasteiger partial charge in [0.25, 0.3) is 0 Å². The van der Waals surface area contributed by atoms with Crippen LogP contribution in [-0.2, 0) is 21.5 Å². The van der Waals surface area contributed by atoms with Gasteiger partial charge < -0.3 is 15.4 Å². The number of para-hydroxylation sites is 1. The predicted octanol–water partition coefficient (Wildman–Crippen LogP) is 4.02. The van der Waals surface area contributed by atoms with Crippen LogP contribution in [0.5, 0.6) is 0 Å². The summed E-state index contributed by atoms with van der Waals surface area (Å²) >= 11 is 1.47. The van der Waals surface area contributed by atoms with Gasteiger partial charge >= 0.3 is 16.4 Å². The summed E-state index contributed by atoms with van der Waals surface area (Å²) in [6.45, 7) is 5.34. The number of anilines is 2. The Bertz CT molecular complexity index is 1120. The fourth-order valence-electron chi connectivity index (χ4n) is 2.76. The van der Waals surface area contributed by atoms with Crippen LogP contribution in [0.3, 0.4) is 0 Å². The van der Waals surface area contributed by atoms with Gasteiger partial charge in [-0.25, -0.2) is 9.78 Å². The minimum Gasteiger partial charge on any atom is -0.444 e. The molecule has 166 valence electrons. The third-order valence-corrected chi connectivity index (χ3v) is 5.38. The normalized spacial score (nSPS) is 12.9. The number of nitrogens with zero attached hydrogens (tertiary/aromatic N) is 1. The van der Waals surface area contributed by atoms with Crippen LogP contribution in [0.2, 0.25) is 0 Å². The van der Waals surface area contributed by atoms with E-state index in [1.807, 2.05) is 29.0 Å². The molecular formula is C20H24N4O5S2. The molecule has 0 aliphatic carbocycles. The molecule has 11 heteroatoms. The van der Waals surface area contributed by atoms with Crippen molar-refractivity contribution in [2.75, 3.05) is 10.0 Å². The lowest BCUT2D eigenvalue weighted by molar-refractivity contribution is 0.0510. The number of thiazole rings is 1. The fourth-order valence-corrected chi connectivity index (χ4v) is 4.12. The Morgan fingerprint density at radius 3 is 2.45 bits per heavy atom. The van der Waals surface area contributed by atoms with Gasteiger partial charge in [-0.05, 0) is 50.6 Å². The molecule has 0 spiro atoms. The first-order chi connectivity index (χ1) is 14.5. The van der Waals surface area contributed by atoms with Gasteiger partial charge in [0.1, 0.15) is 11.8 Å². The average molecular weight is 465 g/mol. The average Bonchev–Trinajstić information content (AvgIpc) is 3.02. The topological polar surface area (TPSA) is 130 Å². The van der Waals surface area contributed by atoms with Gasteiger partial charge in [0.2, 0.25) is 0 Å². The molecule has 0 saturated heterocycles. The maximum absolute atomic E-state index is 12.3. The van der Waals surface area contributed by atoms with Crippen LogP contribution in [-0.4, -0.2) is 35.8 Å². The molecule has 0 fully saturated rings. The van der Waals surface area contributed by atoms with Gasteiger partial charge in [-0.3, -0.25) is 9.27 Å². The summed E-state index contributed by atoms with van der Waals surface area (Å²) in [7, 11) is -4.34. The van der Waals surface area contributed by atoms with Crippen LogP contribution in [0, 0.1) is 0 Å². The van der Waals surface area contributed by atoms with Crippen molar-refractivity contribution in [2.24, 2.45) is 0 Å². The molecule has 4 N–H and O–H groups in total. The van der Waals surface area contributed by atoms with Crippen molar-refractivity contribution in [1.29, 1.82) is 0 Å². The van der Waals surface area contributed by atoms with Crippen molar-refractivity contribution in [2.45, 2.75) is 39.0 Å². The van der Waals surface area contributed by atoms with Gasteiger partial charge in [-0.2, -0.15) is 8.42 Å². The smallest absolute Gasteiger partial charge is 0.409 e. The number of aromatic nitrogens is 1. The number of ether oxygens (including phenoxy) is 1. The standard InChI is InChI=1S/C20H24N4O5S2/c1-20(2,3)29-19(25)23-17(22-18-21-15-6-4-5-7-16(15)30-18)12-13-8-10-14(11-9-13)24-31(26,27)28/h4-11,17,24H,12H2,1-3H3,(H,21,22)(H,23,25)(H,26,27,28). The fraction of sp³-hybridized carbons (Fsp3) is 0.300. The number of carbonyl (C=O) groups is 1. The van der Waals surface area contributed by atoms with E-state index in [1.54, 1.807) is 32.9 Å². The van der Waals surface area contributed by atoms with E-state index < -0.39 is 28.2 Å². The van der Waals surface area contributed by atoms with Crippen molar-refractivity contribution in [1.82, 2.24) is 10.3 Å². The maximum Gasteiger partial charge on any atom is 0.409 e. The minimum absolute atomic E-state index is 0.224. The van der Waals surface area contributed by atoms with Crippen LogP contribution < -0.4 is 15.4 Å². The number of carbonyl (C=O) groups excluding carboxylic acids is 1. The molecule has 3 aromatic rings. The largest absolute Gasteiger partial charge is 0.444 e. The molecule has 0 saturated carbocycles. The number of nitrogens with one attached hydrogen (secondary N) is 3. The summed E-state index contributed by atoms with van der Waals surface area (Å²) in [5, 5.41) is 6.69. The number of fused-ring (bicyclic) bond motifs is 1. The summed E-state index contributed by atoms with van der Waals surface area (Å²) < 4.78 is 39.1. The van der Waals surface area contributed by atoms with Gasteiger partial charge in [0, 0.05) is 6.42 Å². The second-order valence-electron chi connectivity index (χ2n) is 7.81. The van der Waals surface area contributed by atoms with E-state index in [2.05, 4.69) is 15.6 Å². The molecule has 0 aliphatic heterocycles. The third kappa shape index (κ3) is 7.39. The van der Waals surface area contributed by atoms with Crippen molar-refractivity contribution >= 4 is 48.8 Å². The number of alkyl carbamates (subject to hydrolysis) is 1. The highest BCUT2D eigenvalue weighted by Crippen LogP contribution is 2.26. The van der Waals surface area contributed by atoms with Crippen LogP contribution in [0.25, 0.3) is 10.2 Å². The quantitative estimate of drug-likeness (QED) is 0.307. The molecule has 3 rings (SSSR count). The van der Waals surface area contributed by atoms with Crippen LogP contribution in [0.15, 0.2) is 48.5 Å². The van der Waals surface area contributed by atoms with E-state index >= 15 is 0 Å². The summed E-state index contributed by atoms with van der Waals surface area (Å²) in [5.74, 6) is 0. The van der Waals surface area contributed by atoms with Crippen molar-refractivity contribution < 1.29 is 22.5 Å². The monoisotopic (exact) mass is 464 g/mol. The molecule has 0 radical (unpaired) electrons. The molecule has 1 amide bonds. The second-order valence-corrected chi connectivity index (χ2v) is 9.99. The summed E-state index contributed by atoms with van der Waals surface area (Å²) in [6.07, 6.45) is -0.729. The number of amides is 1. The first kappa shape index (κ1) is 22.8. The Morgan fingerprint density at radius 1 is 1.16 bits per heavy atom. The molecule has 0 aliphatic rings. The molecule has 1 atom stereocenters. The lowest BCUT2D eigenvalue weighted by Gasteiger charge is -2.24. The van der Waals surface area contributed by atoms with Gasteiger partial charge in [-0.15, -0.1) is 0 Å². The highest BCUT2D eigenvalue weighted by molar-refractivity contribution is 7.87. The molecule has 9 nitrogen and oxygen atoms in total. The Labute approximate surface area is 184 Å². The van der Waals surface area contributed by atoms with Crippen molar-refractivity contribution in [3.63, 3.8) is 0 Å². The van der Waals surface area contributed by atoms with E-state index in [0.717, 1.165) is 15.8 Å². The maximum atomic E-state index is 12.3. The molecule has 0 bridgehead atoms. The Morgan fingerprint density at radius 2 is 1.84 bits per heavy atom. The van der Waals surface area contributed by atoms with Crippen LogP contribution in [0.1, 0.15) is 26.3 Å². The number of hydrogen-bond donors (Lipinski definition) is 4. The molecule has 1 heterocycles. The Kier molecular flexibility index (Phi) is 6.68. The van der Waals surface area contributed by atoms with E-state index in [1.165, 1.54) is 23.5 Å². The summed E-state index contributed by atoms with van der Waals surface area (Å²) in [6, 6.07) is 14.1. The predicted molar refractivity (Wildman–Crippen MR) is 122 cm³/mol. The SMILES string of the molecule is CC(C)(C)OC(=O)NC(Cc1ccc(NS(=O)(=O)O)cc1)Nc1nc2ccccc2s1. The third-order valence-electron chi connectivity index (χ3n) is 3.92. The number of rotatable bonds is 7.